The van der Waals surface area contributed by atoms with Crippen molar-refractivity contribution in [2.75, 3.05) is 19.7 Å². The molecule has 0 fully saturated rings. The lowest BCUT2D eigenvalue weighted by Gasteiger charge is -2.13. The molecule has 0 saturated heterocycles. The molecule has 0 radical (unpaired) electrons. The summed E-state index contributed by atoms with van der Waals surface area (Å²) in [6.07, 6.45) is 2.69. The van der Waals surface area contributed by atoms with E-state index < -0.39 is 0 Å². The number of hydrogen-bond donors (Lipinski definition) is 2. The van der Waals surface area contributed by atoms with Crippen LogP contribution >= 0.6 is 24.0 Å². The van der Waals surface area contributed by atoms with E-state index in [1.807, 2.05) is 17.8 Å². The highest BCUT2D eigenvalue weighted by atomic mass is 127. The summed E-state index contributed by atoms with van der Waals surface area (Å²) in [5.41, 5.74) is 3.44. The Bertz CT molecular complexity index is 679. The van der Waals surface area contributed by atoms with Crippen LogP contribution in [-0.4, -0.2) is 35.4 Å². The number of nitrogens with one attached hydrogen (secondary N) is 2. The van der Waals surface area contributed by atoms with Crippen LogP contribution in [0.1, 0.15) is 30.2 Å². The van der Waals surface area contributed by atoms with Gasteiger partial charge in [0.2, 0.25) is 0 Å². The van der Waals surface area contributed by atoms with Gasteiger partial charge in [0.05, 0.1) is 18.8 Å². The second-order valence-electron chi connectivity index (χ2n) is 5.99. The molecule has 144 valence electrons. The first-order chi connectivity index (χ1) is 12.1. The van der Waals surface area contributed by atoms with E-state index in [-0.39, 0.29) is 24.0 Å². The summed E-state index contributed by atoms with van der Waals surface area (Å²) in [6, 6.07) is 8.19. The maximum Gasteiger partial charge on any atom is 0.191 e. The summed E-state index contributed by atoms with van der Waals surface area (Å²) >= 11 is 0. The van der Waals surface area contributed by atoms with Gasteiger partial charge >= 0.3 is 0 Å². The number of ether oxygens (including phenoxy) is 1. The summed E-state index contributed by atoms with van der Waals surface area (Å²) in [4.78, 5) is 4.59. The van der Waals surface area contributed by atoms with E-state index in [9.17, 15) is 0 Å². The number of hydrogen-bond acceptors (Lipinski definition) is 3. The predicted molar refractivity (Wildman–Crippen MR) is 117 cm³/mol. The van der Waals surface area contributed by atoms with Gasteiger partial charge in [0.15, 0.2) is 5.96 Å². The fourth-order valence-corrected chi connectivity index (χ4v) is 2.54. The monoisotopic (exact) mass is 471 g/mol. The minimum absolute atomic E-state index is 0. The molecule has 0 aliphatic heterocycles. The number of benzene rings is 1. The van der Waals surface area contributed by atoms with Gasteiger partial charge in [-0.3, -0.25) is 4.68 Å². The molecule has 2 N–H and O–H groups in total. The number of aromatic nitrogens is 2. The lowest BCUT2D eigenvalue weighted by Crippen LogP contribution is -2.38. The van der Waals surface area contributed by atoms with Crippen LogP contribution in [0.4, 0.5) is 0 Å². The number of rotatable bonds is 8. The molecule has 26 heavy (non-hydrogen) atoms. The maximum atomic E-state index is 5.93. The van der Waals surface area contributed by atoms with Crippen molar-refractivity contribution in [1.29, 1.82) is 0 Å². The highest BCUT2D eigenvalue weighted by Crippen LogP contribution is 2.22. The van der Waals surface area contributed by atoms with Crippen LogP contribution in [0.25, 0.3) is 0 Å². The lowest BCUT2D eigenvalue weighted by molar-refractivity contribution is 0.307. The molecule has 2 rings (SSSR count). The maximum absolute atomic E-state index is 5.93. The second-order valence-corrected chi connectivity index (χ2v) is 5.99. The number of aryl methyl sites for hydroxylation is 3. The van der Waals surface area contributed by atoms with Crippen LogP contribution in [0.2, 0.25) is 0 Å². The molecule has 0 bridgehead atoms. The first-order valence-corrected chi connectivity index (χ1v) is 8.80. The average molecular weight is 471 g/mol. The Kier molecular flexibility index (Phi) is 10.1. The predicted octanol–water partition coefficient (Wildman–Crippen LogP) is 3.18. The van der Waals surface area contributed by atoms with Gasteiger partial charge in [0.1, 0.15) is 5.75 Å². The molecule has 0 aliphatic rings. The number of aliphatic imine (C=N–C) groups is 1. The highest BCUT2D eigenvalue weighted by Gasteiger charge is 2.03. The first kappa shape index (κ1) is 22.3. The Morgan fingerprint density at radius 2 is 1.92 bits per heavy atom. The van der Waals surface area contributed by atoms with E-state index in [2.05, 4.69) is 59.7 Å². The van der Waals surface area contributed by atoms with E-state index in [4.69, 9.17) is 4.74 Å². The third-order valence-electron chi connectivity index (χ3n) is 3.93. The molecular formula is C19H30IN5O. The Morgan fingerprint density at radius 1 is 1.19 bits per heavy atom. The molecule has 7 heteroatoms. The normalized spacial score (nSPS) is 11.0. The molecule has 0 saturated carbocycles. The van der Waals surface area contributed by atoms with Crippen molar-refractivity contribution in [3.63, 3.8) is 0 Å². The topological polar surface area (TPSA) is 63.5 Å². The molecular weight excluding hydrogens is 441 g/mol. The van der Waals surface area contributed by atoms with E-state index in [1.165, 1.54) is 11.1 Å². The molecule has 1 heterocycles. The van der Waals surface area contributed by atoms with Gasteiger partial charge in [0, 0.05) is 26.3 Å². The van der Waals surface area contributed by atoms with Gasteiger partial charge in [0.25, 0.3) is 0 Å². The lowest BCUT2D eigenvalue weighted by atomic mass is 10.1. The van der Waals surface area contributed by atoms with E-state index >= 15 is 0 Å². The quantitative estimate of drug-likeness (QED) is 0.269. The summed E-state index contributed by atoms with van der Waals surface area (Å²) < 4.78 is 7.77. The minimum Gasteiger partial charge on any atom is -0.493 e. The fourth-order valence-electron chi connectivity index (χ4n) is 2.54. The van der Waals surface area contributed by atoms with Crippen molar-refractivity contribution in [3.8, 4) is 5.75 Å². The van der Waals surface area contributed by atoms with Crippen LogP contribution in [0, 0.1) is 13.8 Å². The molecule has 0 aliphatic carbocycles. The van der Waals surface area contributed by atoms with Gasteiger partial charge in [-0.15, -0.1) is 24.0 Å². The zero-order valence-corrected chi connectivity index (χ0v) is 18.4. The molecule has 6 nitrogen and oxygen atoms in total. The SMILES string of the molecule is CCNC(=NCc1ccnn1C)NCCCOc1c(C)cccc1C.I. The average Bonchev–Trinajstić information content (AvgIpc) is 2.99. The van der Waals surface area contributed by atoms with Gasteiger partial charge in [-0.2, -0.15) is 5.10 Å². The van der Waals surface area contributed by atoms with E-state index in [0.717, 1.165) is 36.9 Å². The Hall–Kier alpha value is -1.77. The molecule has 0 atom stereocenters. The third-order valence-corrected chi connectivity index (χ3v) is 3.93. The number of para-hydroxylation sites is 1. The first-order valence-electron chi connectivity index (χ1n) is 8.80. The van der Waals surface area contributed by atoms with Gasteiger partial charge in [-0.25, -0.2) is 4.99 Å². The van der Waals surface area contributed by atoms with Gasteiger partial charge in [-0.05, 0) is 44.4 Å². The molecule has 2 aromatic rings. The Morgan fingerprint density at radius 3 is 2.54 bits per heavy atom. The molecule has 0 amide bonds. The van der Waals surface area contributed by atoms with E-state index in [1.54, 1.807) is 6.20 Å². The van der Waals surface area contributed by atoms with Gasteiger partial charge in [-0.1, -0.05) is 18.2 Å². The summed E-state index contributed by atoms with van der Waals surface area (Å²) in [5, 5.41) is 10.8. The van der Waals surface area contributed by atoms with Crippen LogP contribution in [-0.2, 0) is 13.6 Å². The van der Waals surface area contributed by atoms with Crippen molar-refractivity contribution in [2.24, 2.45) is 12.0 Å². The van der Waals surface area contributed by atoms with Crippen molar-refractivity contribution in [3.05, 3.63) is 47.3 Å². The van der Waals surface area contributed by atoms with Crippen molar-refractivity contribution in [1.82, 2.24) is 20.4 Å². The van der Waals surface area contributed by atoms with Crippen LogP contribution in [0.5, 0.6) is 5.75 Å². The van der Waals surface area contributed by atoms with Crippen LogP contribution in [0.15, 0.2) is 35.5 Å². The number of nitrogens with zero attached hydrogens (tertiary/aromatic N) is 3. The summed E-state index contributed by atoms with van der Waals surface area (Å²) in [7, 11) is 1.93. The number of halogens is 1. The smallest absolute Gasteiger partial charge is 0.191 e. The molecule has 0 unspecified atom stereocenters. The number of guanidine groups is 1. The summed E-state index contributed by atoms with van der Waals surface area (Å²) in [5.74, 6) is 1.81. The molecule has 1 aromatic carbocycles. The Balaban J connectivity index is 0.00000338. The zero-order valence-electron chi connectivity index (χ0n) is 16.1. The summed E-state index contributed by atoms with van der Waals surface area (Å²) in [6.45, 7) is 9.14. The standard InChI is InChI=1S/C19H29N5O.HI/c1-5-20-19(22-14-17-10-12-23-24(17)4)21-11-7-13-25-18-15(2)8-6-9-16(18)3;/h6,8-10,12H,5,7,11,13-14H2,1-4H3,(H2,20,21,22);1H. The zero-order chi connectivity index (χ0) is 18.1. The van der Waals surface area contributed by atoms with Crippen molar-refractivity contribution < 1.29 is 4.74 Å². The highest BCUT2D eigenvalue weighted by molar-refractivity contribution is 14.0. The second kappa shape index (κ2) is 11.8. The molecule has 1 aromatic heterocycles. The van der Waals surface area contributed by atoms with Crippen LogP contribution in [0.3, 0.4) is 0 Å². The fraction of sp³-hybridized carbons (Fsp3) is 0.474. The Labute approximate surface area is 173 Å². The van der Waals surface area contributed by atoms with Crippen LogP contribution < -0.4 is 15.4 Å². The molecule has 0 spiro atoms. The van der Waals surface area contributed by atoms with Crippen molar-refractivity contribution >= 4 is 29.9 Å². The van der Waals surface area contributed by atoms with E-state index in [0.29, 0.717) is 13.2 Å². The third kappa shape index (κ3) is 6.86. The minimum atomic E-state index is 0. The largest absolute Gasteiger partial charge is 0.493 e. The van der Waals surface area contributed by atoms with Crippen molar-refractivity contribution in [2.45, 2.75) is 33.7 Å². The van der Waals surface area contributed by atoms with Gasteiger partial charge < -0.3 is 15.4 Å².